The molecular formula is C50H35BN2OS. The number of fused-ring (bicyclic) bond motifs is 12. The number of furan rings is 1. The molecule has 260 valence electrons. The van der Waals surface area contributed by atoms with Crippen LogP contribution in [-0.2, 0) is 5.41 Å². The lowest BCUT2D eigenvalue weighted by Crippen LogP contribution is -2.62. The molecule has 0 unspecified atom stereocenters. The van der Waals surface area contributed by atoms with Gasteiger partial charge >= 0.3 is 6.85 Å². The molecule has 0 radical (unpaired) electrons. The minimum absolute atomic E-state index is 0.0158. The van der Waals surface area contributed by atoms with E-state index in [9.17, 15) is 0 Å². The summed E-state index contributed by atoms with van der Waals surface area (Å²) in [6.45, 7) is 6.80. The van der Waals surface area contributed by atoms with Gasteiger partial charge in [-0.25, -0.2) is 0 Å². The molecule has 0 atom stereocenters. The minimum atomic E-state index is -0.115. The molecule has 9 aromatic rings. The van der Waals surface area contributed by atoms with Crippen LogP contribution in [0.1, 0.15) is 26.3 Å². The normalized spacial score (nSPS) is 13.9. The van der Waals surface area contributed by atoms with Gasteiger partial charge in [-0.15, -0.1) is 0 Å². The molecule has 55 heavy (non-hydrogen) atoms. The summed E-state index contributed by atoms with van der Waals surface area (Å²) in [7, 11) is 0. The van der Waals surface area contributed by atoms with E-state index in [4.69, 9.17) is 4.42 Å². The maximum atomic E-state index is 6.71. The molecular weight excluding hydrogens is 687 g/mol. The first-order valence-electron chi connectivity index (χ1n) is 19.1. The lowest BCUT2D eigenvalue weighted by atomic mass is 9.42. The van der Waals surface area contributed by atoms with Crippen LogP contribution >= 0.6 is 11.8 Å². The minimum Gasteiger partial charge on any atom is -0.456 e. The highest BCUT2D eigenvalue weighted by molar-refractivity contribution is 7.99. The lowest BCUT2D eigenvalue weighted by molar-refractivity contribution is 0.590. The van der Waals surface area contributed by atoms with Crippen molar-refractivity contribution in [3.63, 3.8) is 0 Å². The van der Waals surface area contributed by atoms with Crippen molar-refractivity contribution in [3.8, 4) is 22.3 Å². The van der Waals surface area contributed by atoms with Crippen LogP contribution in [0.5, 0.6) is 0 Å². The number of benzene rings is 8. The highest BCUT2D eigenvalue weighted by Gasteiger charge is 2.49. The largest absolute Gasteiger partial charge is 0.456 e. The van der Waals surface area contributed by atoms with Crippen LogP contribution in [0.25, 0.3) is 55.0 Å². The Kier molecular flexibility index (Phi) is 6.35. The van der Waals surface area contributed by atoms with E-state index in [1.165, 1.54) is 87.4 Å². The van der Waals surface area contributed by atoms with Crippen molar-refractivity contribution in [1.82, 2.24) is 0 Å². The molecule has 3 nitrogen and oxygen atoms in total. The third-order valence-corrected chi connectivity index (χ3v) is 13.1. The van der Waals surface area contributed by atoms with Crippen LogP contribution < -0.4 is 20.6 Å². The average molecular weight is 723 g/mol. The molecule has 4 heterocycles. The number of hydrogen-bond donors (Lipinski definition) is 0. The third kappa shape index (κ3) is 4.30. The summed E-state index contributed by atoms with van der Waals surface area (Å²) in [6, 6.07) is 58.4. The highest BCUT2D eigenvalue weighted by Crippen LogP contribution is 2.57. The molecule has 0 amide bonds. The summed E-state index contributed by atoms with van der Waals surface area (Å²) in [5.74, 6) is 0. The molecule has 0 saturated heterocycles. The zero-order chi connectivity index (χ0) is 36.6. The van der Waals surface area contributed by atoms with Crippen molar-refractivity contribution in [2.45, 2.75) is 36.0 Å². The Morgan fingerprint density at radius 1 is 0.545 bits per heavy atom. The van der Waals surface area contributed by atoms with Crippen LogP contribution in [-0.4, -0.2) is 6.85 Å². The van der Waals surface area contributed by atoms with E-state index in [0.29, 0.717) is 0 Å². The highest BCUT2D eigenvalue weighted by atomic mass is 32.2. The van der Waals surface area contributed by atoms with Crippen LogP contribution in [0.4, 0.5) is 28.4 Å². The van der Waals surface area contributed by atoms with Crippen LogP contribution in [0.15, 0.2) is 172 Å². The summed E-state index contributed by atoms with van der Waals surface area (Å²) < 4.78 is 6.71. The van der Waals surface area contributed by atoms with Gasteiger partial charge in [0, 0.05) is 48.8 Å². The summed E-state index contributed by atoms with van der Waals surface area (Å²) in [5, 5.41) is 4.84. The smallest absolute Gasteiger partial charge is 0.333 e. The van der Waals surface area contributed by atoms with Crippen LogP contribution in [0, 0.1) is 0 Å². The summed E-state index contributed by atoms with van der Waals surface area (Å²) in [4.78, 5) is 7.80. The molecule has 8 aromatic carbocycles. The Hall–Kier alpha value is -6.17. The maximum Gasteiger partial charge on any atom is 0.333 e. The second kappa shape index (κ2) is 11.2. The first-order chi connectivity index (χ1) is 26.9. The molecule has 0 bridgehead atoms. The zero-order valence-electron chi connectivity index (χ0n) is 30.8. The van der Waals surface area contributed by atoms with E-state index >= 15 is 0 Å². The number of anilines is 5. The van der Waals surface area contributed by atoms with Gasteiger partial charge in [0.2, 0.25) is 0 Å². The lowest BCUT2D eigenvalue weighted by Gasteiger charge is -2.48. The number of rotatable bonds is 2. The molecule has 0 saturated carbocycles. The number of hydrogen-bond acceptors (Lipinski definition) is 4. The summed E-state index contributed by atoms with van der Waals surface area (Å²) in [6.07, 6.45) is 0. The molecule has 3 aliphatic rings. The van der Waals surface area contributed by atoms with Gasteiger partial charge in [0.25, 0.3) is 0 Å². The molecule has 0 N–H and O–H groups in total. The predicted octanol–water partition coefficient (Wildman–Crippen LogP) is 12.9. The molecule has 5 heteroatoms. The van der Waals surface area contributed by atoms with E-state index in [0.717, 1.165) is 22.2 Å². The fourth-order valence-electron chi connectivity index (χ4n) is 9.55. The van der Waals surface area contributed by atoms with Gasteiger partial charge in [0.1, 0.15) is 11.2 Å². The number of nitrogens with zero attached hydrogens (tertiary/aromatic N) is 2. The van der Waals surface area contributed by atoms with Crippen molar-refractivity contribution in [2.24, 2.45) is 0 Å². The first kappa shape index (κ1) is 31.2. The molecule has 0 fully saturated rings. The monoisotopic (exact) mass is 722 g/mol. The predicted molar refractivity (Wildman–Crippen MR) is 233 cm³/mol. The molecule has 3 aliphatic heterocycles. The SMILES string of the molecule is CC(C)(C)c1ccc(N2c3cc4ccccc4c4c3B(c3c2ccc2oc5ccccc5c32)N2c3ccccc3Sc3cccc-4c32)c(-c2ccccc2)c1. The number of para-hydroxylation sites is 3. The fraction of sp³-hybridized carbons (Fsp3) is 0.0800. The van der Waals surface area contributed by atoms with Gasteiger partial charge in [0.15, 0.2) is 0 Å². The maximum absolute atomic E-state index is 6.71. The van der Waals surface area contributed by atoms with E-state index in [2.05, 4.69) is 188 Å². The Morgan fingerprint density at radius 2 is 1.29 bits per heavy atom. The van der Waals surface area contributed by atoms with E-state index in [1.807, 2.05) is 11.8 Å². The quantitative estimate of drug-likeness (QED) is 0.165. The van der Waals surface area contributed by atoms with Crippen molar-refractivity contribution >= 4 is 90.7 Å². The zero-order valence-corrected chi connectivity index (χ0v) is 31.6. The second-order valence-electron chi connectivity index (χ2n) is 16.1. The summed E-state index contributed by atoms with van der Waals surface area (Å²) >= 11 is 1.88. The van der Waals surface area contributed by atoms with Gasteiger partial charge in [-0.1, -0.05) is 136 Å². The van der Waals surface area contributed by atoms with E-state index in [-0.39, 0.29) is 12.3 Å². The van der Waals surface area contributed by atoms with Crippen molar-refractivity contribution in [3.05, 3.63) is 163 Å². The topological polar surface area (TPSA) is 19.6 Å². The van der Waals surface area contributed by atoms with Crippen LogP contribution in [0.2, 0.25) is 0 Å². The van der Waals surface area contributed by atoms with Crippen molar-refractivity contribution < 1.29 is 4.42 Å². The van der Waals surface area contributed by atoms with Gasteiger partial charge in [-0.3, -0.25) is 0 Å². The third-order valence-electron chi connectivity index (χ3n) is 12.0. The van der Waals surface area contributed by atoms with Crippen molar-refractivity contribution in [1.29, 1.82) is 0 Å². The van der Waals surface area contributed by atoms with E-state index in [1.54, 1.807) is 0 Å². The molecule has 1 aromatic heterocycles. The van der Waals surface area contributed by atoms with Gasteiger partial charge in [-0.2, -0.15) is 0 Å². The van der Waals surface area contributed by atoms with Crippen molar-refractivity contribution in [2.75, 3.05) is 9.71 Å². The average Bonchev–Trinajstić information content (AvgIpc) is 3.60. The van der Waals surface area contributed by atoms with Gasteiger partial charge in [-0.05, 0) is 98.4 Å². The van der Waals surface area contributed by atoms with Crippen LogP contribution in [0.3, 0.4) is 0 Å². The summed E-state index contributed by atoms with van der Waals surface area (Å²) in [5.41, 5.74) is 16.8. The first-order valence-corrected chi connectivity index (χ1v) is 19.9. The Morgan fingerprint density at radius 3 is 2.16 bits per heavy atom. The Labute approximate surface area is 324 Å². The molecule has 12 rings (SSSR count). The van der Waals surface area contributed by atoms with E-state index < -0.39 is 0 Å². The van der Waals surface area contributed by atoms with Gasteiger partial charge in [0.05, 0.1) is 11.4 Å². The Balaban J connectivity index is 1.29. The second-order valence-corrected chi connectivity index (χ2v) is 17.1. The molecule has 0 spiro atoms. The standard InChI is InChI=1S/C50H35BN2OS/c1-50(2,3)32-24-25-37(36(29-32)30-14-5-4-6-15-30)52-39-26-27-42-46(34-18-9-11-21-41(34)54-42)47(39)51-48-40(52)28-31-16-7-8-17-33(31)45(48)35-19-13-23-44-49(35)53(51)38-20-10-12-22-43(38)55-44/h4-29H,1-3H3. The Bertz CT molecular complexity index is 3090. The van der Waals surface area contributed by atoms with Gasteiger partial charge < -0.3 is 14.1 Å². The molecule has 0 aliphatic carbocycles. The fourth-order valence-corrected chi connectivity index (χ4v) is 10.7.